The van der Waals surface area contributed by atoms with E-state index in [1.54, 1.807) is 12.1 Å². The average molecular weight is 326 g/mol. The van der Waals surface area contributed by atoms with Gasteiger partial charge in [0.05, 0.1) is 10.6 Å². The lowest BCUT2D eigenvalue weighted by atomic mass is 10.2. The van der Waals surface area contributed by atoms with E-state index in [9.17, 15) is 4.79 Å². The second-order valence-electron chi connectivity index (χ2n) is 3.79. The number of hydrogen-bond acceptors (Lipinski definition) is 3. The highest BCUT2D eigenvalue weighted by Gasteiger charge is 2.12. The zero-order valence-corrected chi connectivity index (χ0v) is 13.2. The van der Waals surface area contributed by atoms with Gasteiger partial charge in [0.2, 0.25) is 0 Å². The van der Waals surface area contributed by atoms with Gasteiger partial charge in [0.25, 0.3) is 0 Å². The van der Waals surface area contributed by atoms with E-state index in [-0.39, 0.29) is 12.4 Å². The molecule has 0 atom stereocenters. The number of esters is 1. The number of rotatable bonds is 6. The monoisotopic (exact) mass is 324 g/mol. The summed E-state index contributed by atoms with van der Waals surface area (Å²) in [5.41, 5.74) is 0.348. The van der Waals surface area contributed by atoms with Crippen LogP contribution in [0.4, 0.5) is 0 Å². The summed E-state index contributed by atoms with van der Waals surface area (Å²) in [7, 11) is 0. The van der Waals surface area contributed by atoms with Gasteiger partial charge in [-0.3, -0.25) is 0 Å². The van der Waals surface area contributed by atoms with E-state index >= 15 is 0 Å². The maximum absolute atomic E-state index is 11.8. The lowest BCUT2D eigenvalue weighted by Gasteiger charge is -2.17. The minimum atomic E-state index is -0.413. The molecule has 0 aromatic heterocycles. The van der Waals surface area contributed by atoms with E-state index in [1.165, 1.54) is 6.07 Å². The third kappa shape index (κ3) is 6.00. The first-order valence-electron chi connectivity index (χ1n) is 5.93. The Kier molecular flexibility index (Phi) is 9.19. The maximum Gasteiger partial charge on any atom is 0.339 e. The topological polar surface area (TPSA) is 29.5 Å². The number of hydrogen-bond donors (Lipinski definition) is 0. The number of ether oxygens (including phenoxy) is 1. The molecule has 0 saturated heterocycles. The molecule has 3 nitrogen and oxygen atoms in total. The standard InChI is InChI=1S/C13H17Cl2NO2.ClH/c1-3-16(4-2)7-8-18-13(17)11-6-5-10(14)9-12(11)15;/h5-6,9H,3-4,7-8H2,1-2H3;1H/p-1. The van der Waals surface area contributed by atoms with Crippen LogP contribution in [0, 0.1) is 0 Å². The molecule has 0 aliphatic carbocycles. The molecule has 0 aliphatic heterocycles. The van der Waals surface area contributed by atoms with Crippen LogP contribution in [0.25, 0.3) is 0 Å². The van der Waals surface area contributed by atoms with Gasteiger partial charge in [-0.15, -0.1) is 0 Å². The van der Waals surface area contributed by atoms with Crippen LogP contribution in [0.1, 0.15) is 24.2 Å². The summed E-state index contributed by atoms with van der Waals surface area (Å²) >= 11 is 11.7. The summed E-state index contributed by atoms with van der Waals surface area (Å²) < 4.78 is 5.17. The zero-order chi connectivity index (χ0) is 13.5. The fraction of sp³-hybridized carbons (Fsp3) is 0.462. The van der Waals surface area contributed by atoms with Crippen molar-refractivity contribution in [2.45, 2.75) is 13.8 Å². The molecule has 0 N–H and O–H groups in total. The van der Waals surface area contributed by atoms with Crippen LogP contribution in [-0.4, -0.2) is 37.1 Å². The van der Waals surface area contributed by atoms with Crippen molar-refractivity contribution in [3.05, 3.63) is 33.8 Å². The predicted molar refractivity (Wildman–Crippen MR) is 74.5 cm³/mol. The molecule has 0 bridgehead atoms. The third-order valence-electron chi connectivity index (χ3n) is 2.69. The van der Waals surface area contributed by atoms with E-state index in [1.807, 2.05) is 0 Å². The number of benzene rings is 1. The molecule has 0 saturated carbocycles. The van der Waals surface area contributed by atoms with Crippen molar-refractivity contribution >= 4 is 29.2 Å². The van der Waals surface area contributed by atoms with Crippen molar-refractivity contribution in [1.29, 1.82) is 0 Å². The molecule has 6 heteroatoms. The summed E-state index contributed by atoms with van der Waals surface area (Å²) in [6.07, 6.45) is 0. The molecule has 0 amide bonds. The van der Waals surface area contributed by atoms with Gasteiger partial charge in [-0.1, -0.05) is 37.0 Å². The summed E-state index contributed by atoms with van der Waals surface area (Å²) in [5.74, 6) is -0.413. The lowest BCUT2D eigenvalue weighted by molar-refractivity contribution is -0.0000226. The molecule has 108 valence electrons. The third-order valence-corrected chi connectivity index (χ3v) is 3.23. The average Bonchev–Trinajstić information content (AvgIpc) is 2.34. The Labute approximate surface area is 130 Å². The van der Waals surface area contributed by atoms with Crippen LogP contribution in [0.15, 0.2) is 18.2 Å². The number of halogens is 3. The van der Waals surface area contributed by atoms with Gasteiger partial charge in [0, 0.05) is 11.6 Å². The molecule has 0 aliphatic rings. The second-order valence-corrected chi connectivity index (χ2v) is 4.63. The SMILES string of the molecule is CCN(CC)CCOC(=O)c1ccc(Cl)cc1Cl.[Cl-]. The summed E-state index contributed by atoms with van der Waals surface area (Å²) in [4.78, 5) is 13.9. The highest BCUT2D eigenvalue weighted by molar-refractivity contribution is 6.36. The molecule has 1 aromatic carbocycles. The number of nitrogens with zero attached hydrogens (tertiary/aromatic N) is 1. The van der Waals surface area contributed by atoms with Gasteiger partial charge in [-0.25, -0.2) is 4.79 Å². The van der Waals surface area contributed by atoms with Gasteiger partial charge in [-0.2, -0.15) is 0 Å². The quantitative estimate of drug-likeness (QED) is 0.713. The highest BCUT2D eigenvalue weighted by atomic mass is 35.5. The van der Waals surface area contributed by atoms with Gasteiger partial charge in [0.15, 0.2) is 0 Å². The van der Waals surface area contributed by atoms with Crippen LogP contribution < -0.4 is 12.4 Å². The Bertz CT molecular complexity index is 409. The van der Waals surface area contributed by atoms with Gasteiger partial charge in [-0.05, 0) is 31.3 Å². The molecule has 1 aromatic rings. The van der Waals surface area contributed by atoms with Crippen LogP contribution in [-0.2, 0) is 4.74 Å². The Morgan fingerprint density at radius 1 is 1.26 bits per heavy atom. The Morgan fingerprint density at radius 2 is 1.89 bits per heavy atom. The first-order chi connectivity index (χ1) is 8.58. The Morgan fingerprint density at radius 3 is 2.42 bits per heavy atom. The highest BCUT2D eigenvalue weighted by Crippen LogP contribution is 2.21. The Hall–Kier alpha value is -0.480. The van der Waals surface area contributed by atoms with Gasteiger partial charge >= 0.3 is 5.97 Å². The smallest absolute Gasteiger partial charge is 0.339 e. The first kappa shape index (κ1) is 18.5. The van der Waals surface area contributed by atoms with Crippen LogP contribution >= 0.6 is 23.2 Å². The maximum atomic E-state index is 11.8. The molecule has 0 unspecified atom stereocenters. The zero-order valence-electron chi connectivity index (χ0n) is 11.0. The van der Waals surface area contributed by atoms with Crippen molar-refractivity contribution in [1.82, 2.24) is 4.90 Å². The number of carbonyl (C=O) groups excluding carboxylic acids is 1. The molecule has 0 spiro atoms. The van der Waals surface area contributed by atoms with E-state index < -0.39 is 5.97 Å². The molecule has 0 heterocycles. The summed E-state index contributed by atoms with van der Waals surface area (Å²) in [6, 6.07) is 4.73. The van der Waals surface area contributed by atoms with Crippen molar-refractivity contribution in [3.63, 3.8) is 0 Å². The van der Waals surface area contributed by atoms with Crippen LogP contribution in [0.5, 0.6) is 0 Å². The minimum Gasteiger partial charge on any atom is -1.00 e. The fourth-order valence-electron chi connectivity index (χ4n) is 1.54. The molecule has 0 fully saturated rings. The molecular weight excluding hydrogens is 309 g/mol. The molecule has 19 heavy (non-hydrogen) atoms. The fourth-order valence-corrected chi connectivity index (χ4v) is 2.03. The van der Waals surface area contributed by atoms with E-state index in [4.69, 9.17) is 27.9 Å². The van der Waals surface area contributed by atoms with Crippen molar-refractivity contribution in [3.8, 4) is 0 Å². The predicted octanol–water partition coefficient (Wildman–Crippen LogP) is 0.496. The first-order valence-corrected chi connectivity index (χ1v) is 6.68. The minimum absolute atomic E-state index is 0. The largest absolute Gasteiger partial charge is 1.00 e. The van der Waals surface area contributed by atoms with Gasteiger partial charge in [0.1, 0.15) is 6.61 Å². The summed E-state index contributed by atoms with van der Waals surface area (Å²) in [5, 5.41) is 0.815. The molecule has 1 rings (SSSR count). The number of likely N-dealkylation sites (N-methyl/N-ethyl adjacent to an activating group) is 1. The number of carbonyl (C=O) groups is 1. The lowest BCUT2D eigenvalue weighted by Crippen LogP contribution is -3.00. The molecule has 0 radical (unpaired) electrons. The van der Waals surface area contributed by atoms with Crippen LogP contribution in [0.3, 0.4) is 0 Å². The molecular formula is C13H17Cl3NO2-. The van der Waals surface area contributed by atoms with Crippen molar-refractivity contribution in [2.75, 3.05) is 26.2 Å². The normalized spacial score (nSPS) is 10.2. The van der Waals surface area contributed by atoms with Crippen molar-refractivity contribution in [2.24, 2.45) is 0 Å². The summed E-state index contributed by atoms with van der Waals surface area (Å²) in [6.45, 7) is 7.11. The Balaban J connectivity index is 0.00000324. The van der Waals surface area contributed by atoms with Gasteiger partial charge < -0.3 is 22.0 Å². The van der Waals surface area contributed by atoms with E-state index in [2.05, 4.69) is 18.7 Å². The van der Waals surface area contributed by atoms with Crippen LogP contribution in [0.2, 0.25) is 10.0 Å². The van der Waals surface area contributed by atoms with Crippen molar-refractivity contribution < 1.29 is 21.9 Å². The second kappa shape index (κ2) is 9.43. The van der Waals surface area contributed by atoms with E-state index in [0.717, 1.165) is 19.6 Å². The van der Waals surface area contributed by atoms with E-state index in [0.29, 0.717) is 22.2 Å².